The Morgan fingerprint density at radius 2 is 1.68 bits per heavy atom. The lowest BCUT2D eigenvalue weighted by Gasteiger charge is -2.26. The van der Waals surface area contributed by atoms with Crippen molar-refractivity contribution >= 4 is 5.97 Å². The van der Waals surface area contributed by atoms with Gasteiger partial charge in [0.1, 0.15) is 0 Å². The van der Waals surface area contributed by atoms with E-state index in [9.17, 15) is 4.79 Å². The molecular weight excluding hydrogens is 240 g/mol. The first kappa shape index (κ1) is 11.8. The quantitative estimate of drug-likeness (QED) is 0.772. The lowest BCUT2D eigenvalue weighted by molar-refractivity contribution is -0.148. The first-order chi connectivity index (χ1) is 9.22. The average Bonchev–Trinajstić information content (AvgIpc) is 2.78. The Kier molecular flexibility index (Phi) is 2.78. The van der Waals surface area contributed by atoms with Gasteiger partial charge in [-0.25, -0.2) is 0 Å². The Morgan fingerprint density at radius 1 is 1.11 bits per heavy atom. The molecule has 1 unspecified atom stereocenters. The molecule has 1 atom stereocenters. The summed E-state index contributed by atoms with van der Waals surface area (Å²) in [5.74, 6) is -0.347. The van der Waals surface area contributed by atoms with Crippen LogP contribution >= 0.6 is 0 Å². The van der Waals surface area contributed by atoms with Crippen LogP contribution in [0.25, 0.3) is 0 Å². The minimum atomic E-state index is -0.848. The zero-order valence-electron chi connectivity index (χ0n) is 10.6. The molecule has 4 nitrogen and oxygen atoms in total. The van der Waals surface area contributed by atoms with E-state index in [4.69, 9.17) is 4.74 Å². The fourth-order valence-corrected chi connectivity index (χ4v) is 2.48. The van der Waals surface area contributed by atoms with Crippen LogP contribution in [0.1, 0.15) is 24.7 Å². The summed E-state index contributed by atoms with van der Waals surface area (Å²) in [5, 5.41) is 0. The van der Waals surface area contributed by atoms with Gasteiger partial charge in [0.25, 0.3) is 0 Å². The second-order valence-corrected chi connectivity index (χ2v) is 4.78. The number of hydrogen-bond donors (Lipinski definition) is 0. The van der Waals surface area contributed by atoms with Crippen LogP contribution in [0, 0.1) is 5.92 Å². The lowest BCUT2D eigenvalue weighted by atomic mass is 9.88. The molecule has 3 rings (SSSR count). The Morgan fingerprint density at radius 3 is 2.05 bits per heavy atom. The molecule has 4 heteroatoms. The van der Waals surface area contributed by atoms with Gasteiger partial charge in [-0.05, 0) is 24.3 Å². The van der Waals surface area contributed by atoms with Crippen molar-refractivity contribution in [2.24, 2.45) is 5.92 Å². The Balaban J connectivity index is 2.15. The number of pyridine rings is 2. The van der Waals surface area contributed by atoms with E-state index in [1.165, 1.54) is 0 Å². The van der Waals surface area contributed by atoms with E-state index < -0.39 is 5.60 Å². The Bertz CT molecular complexity index is 544. The van der Waals surface area contributed by atoms with Crippen LogP contribution in [0.3, 0.4) is 0 Å². The van der Waals surface area contributed by atoms with Crippen molar-refractivity contribution in [3.63, 3.8) is 0 Å². The van der Waals surface area contributed by atoms with Crippen LogP contribution in [0.5, 0.6) is 0 Å². The molecule has 2 aromatic rings. The number of ether oxygens (including phenoxy) is 1. The summed E-state index contributed by atoms with van der Waals surface area (Å²) >= 11 is 0. The summed E-state index contributed by atoms with van der Waals surface area (Å²) in [6.45, 7) is 1.87. The maximum Gasteiger partial charge on any atom is 0.310 e. The highest BCUT2D eigenvalue weighted by molar-refractivity contribution is 5.76. The molecule has 0 saturated carbocycles. The van der Waals surface area contributed by atoms with Gasteiger partial charge in [0, 0.05) is 18.8 Å². The molecule has 0 aliphatic carbocycles. The Labute approximate surface area is 111 Å². The summed E-state index contributed by atoms with van der Waals surface area (Å²) in [6, 6.07) is 11.2. The summed E-state index contributed by atoms with van der Waals surface area (Å²) < 4.78 is 5.67. The van der Waals surface area contributed by atoms with Crippen LogP contribution in [0.2, 0.25) is 0 Å². The highest BCUT2D eigenvalue weighted by Gasteiger charge is 2.49. The normalized spacial score (nSPS) is 21.1. The first-order valence-corrected chi connectivity index (χ1v) is 6.28. The van der Waals surface area contributed by atoms with E-state index in [2.05, 4.69) is 9.97 Å². The molecule has 3 heterocycles. The van der Waals surface area contributed by atoms with E-state index in [-0.39, 0.29) is 11.9 Å². The second kappa shape index (κ2) is 4.46. The number of carbonyl (C=O) groups excluding carboxylic acids is 1. The fourth-order valence-electron chi connectivity index (χ4n) is 2.48. The van der Waals surface area contributed by atoms with E-state index >= 15 is 0 Å². The number of esters is 1. The van der Waals surface area contributed by atoms with E-state index in [1.54, 1.807) is 12.4 Å². The Hall–Kier alpha value is -2.23. The van der Waals surface area contributed by atoms with Crippen LogP contribution in [-0.2, 0) is 15.1 Å². The zero-order valence-corrected chi connectivity index (χ0v) is 10.6. The van der Waals surface area contributed by atoms with Gasteiger partial charge in [-0.3, -0.25) is 14.8 Å². The van der Waals surface area contributed by atoms with Gasteiger partial charge in [-0.15, -0.1) is 0 Å². The highest BCUT2D eigenvalue weighted by Crippen LogP contribution is 2.43. The van der Waals surface area contributed by atoms with Crippen molar-refractivity contribution in [2.75, 3.05) is 0 Å². The van der Waals surface area contributed by atoms with Crippen molar-refractivity contribution < 1.29 is 9.53 Å². The maximum atomic E-state index is 11.9. The largest absolute Gasteiger partial charge is 0.446 e. The van der Waals surface area contributed by atoms with E-state index in [0.29, 0.717) is 6.42 Å². The predicted molar refractivity (Wildman–Crippen MR) is 69.1 cm³/mol. The summed E-state index contributed by atoms with van der Waals surface area (Å²) in [6.07, 6.45) is 3.98. The lowest BCUT2D eigenvalue weighted by Crippen LogP contribution is -2.29. The van der Waals surface area contributed by atoms with Gasteiger partial charge >= 0.3 is 5.97 Å². The third kappa shape index (κ3) is 1.89. The molecule has 0 N–H and O–H groups in total. The van der Waals surface area contributed by atoms with Gasteiger partial charge in [-0.2, -0.15) is 0 Å². The number of nitrogens with zero attached hydrogens (tertiary/aromatic N) is 2. The minimum Gasteiger partial charge on any atom is -0.446 e. The minimum absolute atomic E-state index is 0.149. The third-order valence-corrected chi connectivity index (χ3v) is 3.43. The summed E-state index contributed by atoms with van der Waals surface area (Å²) in [4.78, 5) is 20.6. The molecule has 1 aliphatic heterocycles. The molecule has 0 spiro atoms. The van der Waals surface area contributed by atoms with Gasteiger partial charge in [0.2, 0.25) is 0 Å². The first-order valence-electron chi connectivity index (χ1n) is 6.28. The van der Waals surface area contributed by atoms with Crippen molar-refractivity contribution in [1.29, 1.82) is 0 Å². The molecule has 2 aromatic heterocycles. The molecule has 1 fully saturated rings. The average molecular weight is 254 g/mol. The standard InChI is InChI=1S/C15H14N2O2/c1-11-10-15(19-14(11)18,12-6-2-4-8-16-12)13-7-3-5-9-17-13/h2-9,11H,10H2,1H3. The molecule has 0 amide bonds. The van der Waals surface area contributed by atoms with Gasteiger partial charge in [0.05, 0.1) is 17.3 Å². The molecule has 19 heavy (non-hydrogen) atoms. The van der Waals surface area contributed by atoms with Crippen molar-refractivity contribution in [1.82, 2.24) is 9.97 Å². The molecular formula is C15H14N2O2. The summed E-state index contributed by atoms with van der Waals surface area (Å²) in [5.41, 5.74) is 0.608. The zero-order chi connectivity index (χ0) is 13.3. The fraction of sp³-hybridized carbons (Fsp3) is 0.267. The second-order valence-electron chi connectivity index (χ2n) is 4.78. The van der Waals surface area contributed by atoms with Crippen LogP contribution in [0.4, 0.5) is 0 Å². The van der Waals surface area contributed by atoms with E-state index in [0.717, 1.165) is 11.4 Å². The monoisotopic (exact) mass is 254 g/mol. The molecule has 1 aliphatic rings. The van der Waals surface area contributed by atoms with Gasteiger partial charge < -0.3 is 4.74 Å². The predicted octanol–water partition coefficient (Wildman–Crippen LogP) is 2.30. The van der Waals surface area contributed by atoms with E-state index in [1.807, 2.05) is 43.3 Å². The van der Waals surface area contributed by atoms with Crippen molar-refractivity contribution in [3.8, 4) is 0 Å². The molecule has 0 radical (unpaired) electrons. The molecule has 1 saturated heterocycles. The topological polar surface area (TPSA) is 52.1 Å². The van der Waals surface area contributed by atoms with Gasteiger partial charge in [-0.1, -0.05) is 19.1 Å². The maximum absolute atomic E-state index is 11.9. The SMILES string of the molecule is CC1CC(c2ccccn2)(c2ccccn2)OC1=O. The van der Waals surface area contributed by atoms with Crippen LogP contribution in [-0.4, -0.2) is 15.9 Å². The van der Waals surface area contributed by atoms with Crippen LogP contribution in [0.15, 0.2) is 48.8 Å². The van der Waals surface area contributed by atoms with Crippen molar-refractivity contribution in [3.05, 3.63) is 60.2 Å². The smallest absolute Gasteiger partial charge is 0.310 e. The molecule has 0 bridgehead atoms. The number of aromatic nitrogens is 2. The third-order valence-electron chi connectivity index (χ3n) is 3.43. The van der Waals surface area contributed by atoms with Gasteiger partial charge in [0.15, 0.2) is 5.60 Å². The number of carbonyl (C=O) groups is 1. The number of hydrogen-bond acceptors (Lipinski definition) is 4. The van der Waals surface area contributed by atoms with Crippen LogP contribution < -0.4 is 0 Å². The highest BCUT2D eigenvalue weighted by atomic mass is 16.6. The van der Waals surface area contributed by atoms with Crippen molar-refractivity contribution in [2.45, 2.75) is 18.9 Å². The number of rotatable bonds is 2. The molecule has 0 aromatic carbocycles. The molecule has 96 valence electrons. The number of cyclic esters (lactones) is 1. The summed E-state index contributed by atoms with van der Waals surface area (Å²) in [7, 11) is 0.